The fraction of sp³-hybridized carbons (Fsp3) is 0. The molecule has 0 aliphatic carbocycles. The molecule has 5 heteroatoms. The maximum absolute atomic E-state index is 9.67. The summed E-state index contributed by atoms with van der Waals surface area (Å²) in [5.41, 5.74) is 0.403. The smallest absolute Gasteiger partial charge is 0.456 e. The fourth-order valence-corrected chi connectivity index (χ4v) is 5.33. The summed E-state index contributed by atoms with van der Waals surface area (Å²) in [7, 11) is -2.34. The first-order valence-corrected chi connectivity index (χ1v) is 8.71. The van der Waals surface area contributed by atoms with Crippen LogP contribution in [0.25, 0.3) is 0 Å². The summed E-state index contributed by atoms with van der Waals surface area (Å²) in [6.45, 7) is 0. The summed E-state index contributed by atoms with van der Waals surface area (Å²) in [4.78, 5) is 0. The van der Waals surface area contributed by atoms with Crippen LogP contribution in [0.3, 0.4) is 0 Å². The summed E-state index contributed by atoms with van der Waals surface area (Å²) < 4.78 is 6.02. The van der Waals surface area contributed by atoms with Crippen molar-refractivity contribution in [1.29, 1.82) is 0 Å². The van der Waals surface area contributed by atoms with Crippen LogP contribution in [-0.2, 0) is 0 Å². The number of para-hydroxylation sites is 2. The molecule has 0 aromatic heterocycles. The molecule has 0 saturated heterocycles. The molecule has 0 saturated carbocycles. The molecule has 1 heterocycles. The molecule has 3 aromatic rings. The van der Waals surface area contributed by atoms with Crippen LogP contribution in [0.1, 0.15) is 0 Å². The molecule has 23 heavy (non-hydrogen) atoms. The molecule has 0 spiro atoms. The van der Waals surface area contributed by atoms with E-state index in [0.717, 1.165) is 16.4 Å². The van der Waals surface area contributed by atoms with E-state index in [1.807, 2.05) is 48.5 Å². The van der Waals surface area contributed by atoms with Gasteiger partial charge in [-0.05, 0) is 19.3 Å². The van der Waals surface area contributed by atoms with Crippen molar-refractivity contribution in [2.45, 2.75) is 0 Å². The lowest BCUT2D eigenvalue weighted by Crippen LogP contribution is -2.37. The summed E-state index contributed by atoms with van der Waals surface area (Å²) in [5.74, 6) is 1.35. The second-order valence-corrected chi connectivity index (χ2v) is 7.46. The number of ether oxygens (including phenoxy) is 1. The number of benzene rings is 3. The van der Waals surface area contributed by atoms with Crippen LogP contribution in [0.5, 0.6) is 11.5 Å². The molecule has 1 aliphatic rings. The Morgan fingerprint density at radius 2 is 1.43 bits per heavy atom. The lowest BCUT2D eigenvalue weighted by molar-refractivity contribution is 0.421. The zero-order chi connectivity index (χ0) is 15.8. The van der Waals surface area contributed by atoms with Gasteiger partial charge in [0.1, 0.15) is 11.5 Å². The number of hydrogen-bond donors (Lipinski definition) is 2. The largest absolute Gasteiger partial charge is 0.492 e. The Labute approximate surface area is 136 Å². The van der Waals surface area contributed by atoms with Crippen LogP contribution in [0.2, 0.25) is 0 Å². The van der Waals surface area contributed by atoms with Gasteiger partial charge in [-0.3, -0.25) is 0 Å². The van der Waals surface area contributed by atoms with Gasteiger partial charge in [0.25, 0.3) is 0 Å². The number of rotatable bonds is 2. The minimum atomic E-state index is -1.55. The van der Waals surface area contributed by atoms with E-state index >= 15 is 0 Å². The topological polar surface area (TPSA) is 49.7 Å². The molecule has 0 radical (unpaired) electrons. The molecule has 3 nitrogen and oxygen atoms in total. The predicted molar refractivity (Wildman–Crippen MR) is 95.0 cm³/mol. The van der Waals surface area contributed by atoms with Crippen LogP contribution < -0.4 is 26.1 Å². The van der Waals surface area contributed by atoms with Gasteiger partial charge in [0.2, 0.25) is 0 Å². The molecular formula is C18H14BO3P. The Kier molecular flexibility index (Phi) is 3.66. The Bertz CT molecular complexity index is 852. The van der Waals surface area contributed by atoms with Crippen molar-refractivity contribution in [2.75, 3.05) is 0 Å². The first-order chi connectivity index (χ1) is 11.3. The predicted octanol–water partition coefficient (Wildman–Crippen LogP) is 1.23. The molecule has 1 atom stereocenters. The molecule has 2 N–H and O–H groups in total. The Morgan fingerprint density at radius 3 is 2.22 bits per heavy atom. The third-order valence-corrected chi connectivity index (χ3v) is 6.38. The van der Waals surface area contributed by atoms with Gasteiger partial charge in [0.05, 0.1) is 0 Å². The highest BCUT2D eigenvalue weighted by atomic mass is 31.1. The van der Waals surface area contributed by atoms with E-state index in [4.69, 9.17) is 4.74 Å². The molecule has 3 aromatic carbocycles. The van der Waals surface area contributed by atoms with Crippen LogP contribution in [0, 0.1) is 0 Å². The van der Waals surface area contributed by atoms with Crippen molar-refractivity contribution in [3.63, 3.8) is 0 Å². The van der Waals surface area contributed by atoms with Gasteiger partial charge >= 0.3 is 7.12 Å². The van der Waals surface area contributed by atoms with Crippen molar-refractivity contribution in [3.8, 4) is 11.5 Å². The quantitative estimate of drug-likeness (QED) is 0.431. The van der Waals surface area contributed by atoms with E-state index in [-0.39, 0.29) is 0 Å². The van der Waals surface area contributed by atoms with Crippen LogP contribution in [0.15, 0.2) is 72.8 Å². The molecule has 0 bridgehead atoms. The molecular weight excluding hydrogens is 306 g/mol. The summed E-state index contributed by atoms with van der Waals surface area (Å²) in [5, 5.41) is 22.7. The Hall–Kier alpha value is -2.13. The van der Waals surface area contributed by atoms with E-state index in [1.165, 1.54) is 5.30 Å². The monoisotopic (exact) mass is 320 g/mol. The molecule has 1 unspecified atom stereocenters. The van der Waals surface area contributed by atoms with E-state index in [0.29, 0.717) is 11.2 Å². The number of hydrogen-bond acceptors (Lipinski definition) is 3. The maximum Gasteiger partial charge on any atom is 0.492 e. The maximum atomic E-state index is 9.67. The van der Waals surface area contributed by atoms with Crippen LogP contribution >= 0.6 is 7.92 Å². The molecule has 1 aliphatic heterocycles. The van der Waals surface area contributed by atoms with Crippen molar-refractivity contribution in [3.05, 3.63) is 72.8 Å². The highest BCUT2D eigenvalue weighted by molar-refractivity contribution is 7.80. The summed E-state index contributed by atoms with van der Waals surface area (Å²) >= 11 is 0. The van der Waals surface area contributed by atoms with Gasteiger partial charge in [0, 0.05) is 16.1 Å². The SMILES string of the molecule is OB(O)c1cccc2c1Oc1ccccc1P2c1ccccc1. The van der Waals surface area contributed by atoms with Gasteiger partial charge < -0.3 is 14.8 Å². The van der Waals surface area contributed by atoms with Crippen LogP contribution in [0.4, 0.5) is 0 Å². The van der Waals surface area contributed by atoms with Crippen molar-refractivity contribution in [2.24, 2.45) is 0 Å². The van der Waals surface area contributed by atoms with Gasteiger partial charge in [-0.1, -0.05) is 66.7 Å². The lowest BCUT2D eigenvalue weighted by atomic mass is 9.79. The Balaban J connectivity index is 1.98. The van der Waals surface area contributed by atoms with E-state index in [9.17, 15) is 10.0 Å². The molecule has 0 amide bonds. The van der Waals surface area contributed by atoms with Crippen molar-refractivity contribution < 1.29 is 14.8 Å². The standard InChI is InChI=1S/C18H14BO3P/c20-19(21)14-9-6-12-17-18(14)22-15-10-4-5-11-16(15)23(17)13-7-2-1-3-8-13/h1-12,20-21H. The minimum Gasteiger partial charge on any atom is -0.456 e. The molecule has 112 valence electrons. The average molecular weight is 320 g/mol. The first kappa shape index (κ1) is 14.5. The van der Waals surface area contributed by atoms with Gasteiger partial charge in [-0.15, -0.1) is 0 Å². The first-order valence-electron chi connectivity index (χ1n) is 7.37. The van der Waals surface area contributed by atoms with Crippen molar-refractivity contribution in [1.82, 2.24) is 0 Å². The highest BCUT2D eigenvalue weighted by Gasteiger charge is 2.32. The third kappa shape index (κ3) is 2.45. The second kappa shape index (κ2) is 5.82. The lowest BCUT2D eigenvalue weighted by Gasteiger charge is -2.30. The van der Waals surface area contributed by atoms with Crippen molar-refractivity contribution >= 4 is 36.4 Å². The summed E-state index contributed by atoms with van der Waals surface area (Å²) in [6, 6.07) is 23.8. The highest BCUT2D eigenvalue weighted by Crippen LogP contribution is 2.43. The third-order valence-electron chi connectivity index (χ3n) is 3.88. The second-order valence-electron chi connectivity index (χ2n) is 5.31. The Morgan fingerprint density at radius 1 is 0.739 bits per heavy atom. The number of fused-ring (bicyclic) bond motifs is 2. The molecule has 4 rings (SSSR count). The van der Waals surface area contributed by atoms with E-state index in [1.54, 1.807) is 6.07 Å². The minimum absolute atomic E-state index is 0.403. The van der Waals surface area contributed by atoms with Crippen LogP contribution in [-0.4, -0.2) is 17.2 Å². The van der Waals surface area contributed by atoms with Gasteiger partial charge in [-0.2, -0.15) is 0 Å². The average Bonchev–Trinajstić information content (AvgIpc) is 2.59. The zero-order valence-electron chi connectivity index (χ0n) is 12.3. The molecule has 0 fully saturated rings. The van der Waals surface area contributed by atoms with E-state index in [2.05, 4.69) is 18.2 Å². The van der Waals surface area contributed by atoms with Gasteiger partial charge in [0.15, 0.2) is 0 Å². The summed E-state index contributed by atoms with van der Waals surface area (Å²) in [6.07, 6.45) is 0. The zero-order valence-corrected chi connectivity index (χ0v) is 13.1. The normalized spacial score (nSPS) is 15.3. The van der Waals surface area contributed by atoms with E-state index < -0.39 is 15.0 Å². The fourth-order valence-electron chi connectivity index (χ4n) is 2.86. The van der Waals surface area contributed by atoms with Gasteiger partial charge in [-0.25, -0.2) is 0 Å².